The molecule has 0 amide bonds. The van der Waals surface area contributed by atoms with Gasteiger partial charge in [0.25, 0.3) is 5.56 Å². The zero-order valence-electron chi connectivity index (χ0n) is 5.24. The molecule has 1 aromatic rings. The smallest absolute Gasteiger partial charge is 0.267 e. The lowest BCUT2D eigenvalue weighted by Gasteiger charge is -1.96. The zero-order chi connectivity index (χ0) is 7.72. The Hall–Kier alpha value is -0.0300. The largest absolute Gasteiger partial charge is 0.327 e. The lowest BCUT2D eigenvalue weighted by Crippen LogP contribution is -2.07. The fourth-order valence-corrected chi connectivity index (χ4v) is 1.32. The van der Waals surface area contributed by atoms with Crippen molar-refractivity contribution in [3.8, 4) is 0 Å². The summed E-state index contributed by atoms with van der Waals surface area (Å²) in [5, 5.41) is 0.284. The van der Waals surface area contributed by atoms with Gasteiger partial charge in [0, 0.05) is 9.77 Å². The van der Waals surface area contributed by atoms with Gasteiger partial charge in [0.05, 0.1) is 0 Å². The van der Waals surface area contributed by atoms with Crippen LogP contribution in [0.2, 0.25) is 5.02 Å². The highest BCUT2D eigenvalue weighted by atomic mass is 127. The topological polar surface area (TPSA) is 32.9 Å². The lowest BCUT2D eigenvalue weighted by molar-refractivity contribution is 1.19. The van der Waals surface area contributed by atoms with Crippen molar-refractivity contribution >= 4 is 34.2 Å². The third-order valence-electron chi connectivity index (χ3n) is 1.22. The molecule has 10 heavy (non-hydrogen) atoms. The summed E-state index contributed by atoms with van der Waals surface area (Å²) in [4.78, 5) is 13.3. The van der Waals surface area contributed by atoms with Crippen molar-refractivity contribution in [2.24, 2.45) is 0 Å². The molecule has 0 atom stereocenters. The summed E-state index contributed by atoms with van der Waals surface area (Å²) < 4.78 is 0.974. The third kappa shape index (κ3) is 1.34. The first-order valence-electron chi connectivity index (χ1n) is 2.66. The number of rotatable bonds is 0. The predicted molar refractivity (Wildman–Crippen MR) is 49.5 cm³/mol. The van der Waals surface area contributed by atoms with Gasteiger partial charge in [-0.15, -0.1) is 0 Å². The summed E-state index contributed by atoms with van der Waals surface area (Å²) in [5.74, 6) is 0. The molecule has 54 valence electrons. The van der Waals surface area contributed by atoms with Gasteiger partial charge in [-0.3, -0.25) is 4.79 Å². The Morgan fingerprint density at radius 2 is 2.30 bits per heavy atom. The van der Waals surface area contributed by atoms with E-state index in [1.807, 2.05) is 6.92 Å². The standard InChI is InChI=1S/C6H5ClINO/c1-3-4(8)2-9-6(10)5(3)7/h2H,1H3,(H,9,10). The maximum atomic E-state index is 10.8. The Bertz CT molecular complexity index is 307. The SMILES string of the molecule is Cc1c(I)c[nH]c(=O)c1Cl. The molecule has 1 aromatic heterocycles. The van der Waals surface area contributed by atoms with Gasteiger partial charge >= 0.3 is 0 Å². The molecule has 4 heteroatoms. The molecule has 1 rings (SSSR count). The van der Waals surface area contributed by atoms with Crippen LogP contribution in [0.25, 0.3) is 0 Å². The van der Waals surface area contributed by atoms with E-state index >= 15 is 0 Å². The molecular weight excluding hydrogens is 264 g/mol. The van der Waals surface area contributed by atoms with Crippen LogP contribution in [-0.2, 0) is 0 Å². The molecule has 0 unspecified atom stereocenters. The highest BCUT2D eigenvalue weighted by Crippen LogP contribution is 2.14. The minimum atomic E-state index is -0.223. The Kier molecular flexibility index (Phi) is 2.36. The third-order valence-corrected chi connectivity index (χ3v) is 2.79. The van der Waals surface area contributed by atoms with Crippen LogP contribution in [0.1, 0.15) is 5.56 Å². The normalized spacial score (nSPS) is 9.90. The van der Waals surface area contributed by atoms with Crippen LogP contribution >= 0.6 is 34.2 Å². The second kappa shape index (κ2) is 2.92. The van der Waals surface area contributed by atoms with Crippen molar-refractivity contribution in [1.82, 2.24) is 4.98 Å². The molecule has 0 aliphatic heterocycles. The van der Waals surface area contributed by atoms with E-state index in [2.05, 4.69) is 27.6 Å². The van der Waals surface area contributed by atoms with Gasteiger partial charge in [-0.05, 0) is 35.1 Å². The molecule has 0 radical (unpaired) electrons. The molecule has 0 saturated carbocycles. The van der Waals surface area contributed by atoms with Crippen LogP contribution in [0, 0.1) is 10.5 Å². The number of aromatic nitrogens is 1. The summed E-state index contributed by atoms with van der Waals surface area (Å²) in [7, 11) is 0. The second-order valence-electron chi connectivity index (χ2n) is 1.90. The Labute approximate surface area is 76.7 Å². The summed E-state index contributed by atoms with van der Waals surface area (Å²) in [6, 6.07) is 0. The Morgan fingerprint density at radius 1 is 1.70 bits per heavy atom. The van der Waals surface area contributed by atoms with E-state index in [-0.39, 0.29) is 10.6 Å². The fourth-order valence-electron chi connectivity index (χ4n) is 0.576. The van der Waals surface area contributed by atoms with E-state index in [0.717, 1.165) is 9.13 Å². The molecule has 0 saturated heterocycles. The van der Waals surface area contributed by atoms with Crippen LogP contribution in [0.4, 0.5) is 0 Å². The van der Waals surface area contributed by atoms with E-state index in [4.69, 9.17) is 11.6 Å². The number of hydrogen-bond acceptors (Lipinski definition) is 1. The van der Waals surface area contributed by atoms with Crippen LogP contribution < -0.4 is 5.56 Å². The summed E-state index contributed by atoms with van der Waals surface area (Å²) in [5.41, 5.74) is 0.616. The molecule has 0 aromatic carbocycles. The highest BCUT2D eigenvalue weighted by molar-refractivity contribution is 14.1. The number of aromatic amines is 1. The van der Waals surface area contributed by atoms with E-state index in [9.17, 15) is 4.79 Å². The van der Waals surface area contributed by atoms with Crippen molar-refractivity contribution in [2.45, 2.75) is 6.92 Å². The van der Waals surface area contributed by atoms with Gasteiger partial charge in [-0.2, -0.15) is 0 Å². The lowest BCUT2D eigenvalue weighted by atomic mass is 10.3. The first-order chi connectivity index (χ1) is 4.63. The van der Waals surface area contributed by atoms with Crippen LogP contribution in [-0.4, -0.2) is 4.98 Å². The minimum Gasteiger partial charge on any atom is -0.327 e. The van der Waals surface area contributed by atoms with Crippen molar-refractivity contribution in [1.29, 1.82) is 0 Å². The molecule has 0 fully saturated rings. The molecule has 0 aliphatic rings. The monoisotopic (exact) mass is 269 g/mol. The number of hydrogen-bond donors (Lipinski definition) is 1. The maximum absolute atomic E-state index is 10.8. The average Bonchev–Trinajstić information content (AvgIpc) is 1.93. The van der Waals surface area contributed by atoms with Gasteiger partial charge in [0.1, 0.15) is 5.02 Å². The van der Waals surface area contributed by atoms with E-state index in [1.54, 1.807) is 6.20 Å². The quantitative estimate of drug-likeness (QED) is 0.717. The predicted octanol–water partition coefficient (Wildman–Crippen LogP) is 1.94. The molecule has 0 spiro atoms. The minimum absolute atomic E-state index is 0.223. The zero-order valence-corrected chi connectivity index (χ0v) is 8.15. The van der Waals surface area contributed by atoms with Crippen LogP contribution in [0.3, 0.4) is 0 Å². The summed E-state index contributed by atoms with van der Waals surface area (Å²) >= 11 is 7.75. The van der Waals surface area contributed by atoms with Crippen molar-refractivity contribution in [3.05, 3.63) is 30.7 Å². The highest BCUT2D eigenvalue weighted by Gasteiger charge is 2.02. The number of H-pyrrole nitrogens is 1. The first kappa shape index (κ1) is 8.07. The van der Waals surface area contributed by atoms with Gasteiger partial charge in [0.2, 0.25) is 0 Å². The van der Waals surface area contributed by atoms with Gasteiger partial charge < -0.3 is 4.98 Å². The second-order valence-corrected chi connectivity index (χ2v) is 3.44. The average molecular weight is 269 g/mol. The molecular formula is C6H5ClINO. The van der Waals surface area contributed by atoms with Gasteiger partial charge in [-0.1, -0.05) is 11.6 Å². The summed E-state index contributed by atoms with van der Waals surface area (Å²) in [6.45, 7) is 1.82. The molecule has 1 heterocycles. The van der Waals surface area contributed by atoms with Crippen LogP contribution in [0.15, 0.2) is 11.0 Å². The van der Waals surface area contributed by atoms with E-state index in [1.165, 1.54) is 0 Å². The molecule has 0 bridgehead atoms. The Morgan fingerprint density at radius 3 is 2.80 bits per heavy atom. The summed E-state index contributed by atoms with van der Waals surface area (Å²) in [6.07, 6.45) is 1.64. The Balaban J connectivity index is 3.49. The van der Waals surface area contributed by atoms with Crippen LogP contribution in [0.5, 0.6) is 0 Å². The molecule has 1 N–H and O–H groups in total. The van der Waals surface area contributed by atoms with E-state index < -0.39 is 0 Å². The van der Waals surface area contributed by atoms with Gasteiger partial charge in [0.15, 0.2) is 0 Å². The number of nitrogens with one attached hydrogen (secondary N) is 1. The van der Waals surface area contributed by atoms with Crippen molar-refractivity contribution in [3.63, 3.8) is 0 Å². The van der Waals surface area contributed by atoms with E-state index in [0.29, 0.717) is 0 Å². The molecule has 2 nitrogen and oxygen atoms in total. The first-order valence-corrected chi connectivity index (χ1v) is 4.12. The van der Waals surface area contributed by atoms with Crippen molar-refractivity contribution < 1.29 is 0 Å². The fraction of sp³-hybridized carbons (Fsp3) is 0.167. The van der Waals surface area contributed by atoms with Gasteiger partial charge in [-0.25, -0.2) is 0 Å². The number of halogens is 2. The van der Waals surface area contributed by atoms with Crippen molar-refractivity contribution in [2.75, 3.05) is 0 Å². The molecule has 0 aliphatic carbocycles. The number of pyridine rings is 1. The maximum Gasteiger partial charge on any atom is 0.267 e.